The standard InChI is InChI=1S/C15H13ClFNO3/c1-21-13-5-3-2-4-12(13)18-14(15(19)20)9-6-10(16)8-11(17)7-9/h2-8,14,18H,1H3,(H,19,20). The van der Waals surface area contributed by atoms with Crippen LogP contribution >= 0.6 is 11.6 Å². The summed E-state index contributed by atoms with van der Waals surface area (Å²) in [6.07, 6.45) is 0. The van der Waals surface area contributed by atoms with Crippen LogP contribution in [0.4, 0.5) is 10.1 Å². The predicted octanol–water partition coefficient (Wildman–Crippen LogP) is 3.73. The van der Waals surface area contributed by atoms with E-state index in [1.165, 1.54) is 13.2 Å². The van der Waals surface area contributed by atoms with E-state index in [0.717, 1.165) is 12.1 Å². The molecule has 21 heavy (non-hydrogen) atoms. The zero-order valence-electron chi connectivity index (χ0n) is 11.1. The molecule has 0 fully saturated rings. The summed E-state index contributed by atoms with van der Waals surface area (Å²) in [5, 5.41) is 12.3. The largest absolute Gasteiger partial charge is 0.495 e. The van der Waals surface area contributed by atoms with E-state index in [1.807, 2.05) is 0 Å². The number of para-hydroxylation sites is 2. The maximum absolute atomic E-state index is 13.4. The molecule has 0 saturated carbocycles. The Morgan fingerprint density at radius 2 is 2.05 bits per heavy atom. The van der Waals surface area contributed by atoms with Gasteiger partial charge in [0.05, 0.1) is 12.8 Å². The molecule has 1 unspecified atom stereocenters. The summed E-state index contributed by atoms with van der Waals surface area (Å²) in [5.41, 5.74) is 0.714. The fourth-order valence-corrected chi connectivity index (χ4v) is 2.18. The molecule has 0 aromatic heterocycles. The van der Waals surface area contributed by atoms with Gasteiger partial charge in [0.25, 0.3) is 0 Å². The van der Waals surface area contributed by atoms with Crippen LogP contribution in [0.25, 0.3) is 0 Å². The number of carbonyl (C=O) groups is 1. The lowest BCUT2D eigenvalue weighted by Gasteiger charge is -2.18. The number of ether oxygens (including phenoxy) is 1. The molecule has 0 heterocycles. The average Bonchev–Trinajstić information content (AvgIpc) is 2.43. The van der Waals surface area contributed by atoms with Crippen LogP contribution in [0, 0.1) is 5.82 Å². The van der Waals surface area contributed by atoms with E-state index in [2.05, 4.69) is 5.32 Å². The summed E-state index contributed by atoms with van der Waals surface area (Å²) in [4.78, 5) is 11.5. The molecule has 0 saturated heterocycles. The quantitative estimate of drug-likeness (QED) is 0.883. The first kappa shape index (κ1) is 15.1. The van der Waals surface area contributed by atoms with Crippen molar-refractivity contribution in [1.29, 1.82) is 0 Å². The summed E-state index contributed by atoms with van der Waals surface area (Å²) >= 11 is 5.78. The van der Waals surface area contributed by atoms with E-state index in [9.17, 15) is 14.3 Å². The molecule has 2 rings (SSSR count). The molecule has 0 bridgehead atoms. The van der Waals surface area contributed by atoms with Crippen molar-refractivity contribution in [2.45, 2.75) is 6.04 Å². The van der Waals surface area contributed by atoms with Gasteiger partial charge in [-0.15, -0.1) is 0 Å². The van der Waals surface area contributed by atoms with E-state index < -0.39 is 17.8 Å². The third kappa shape index (κ3) is 3.64. The predicted molar refractivity (Wildman–Crippen MR) is 78.4 cm³/mol. The maximum Gasteiger partial charge on any atom is 0.330 e. The van der Waals surface area contributed by atoms with Crippen LogP contribution in [0.2, 0.25) is 5.02 Å². The van der Waals surface area contributed by atoms with Gasteiger partial charge in [0.2, 0.25) is 0 Å². The van der Waals surface area contributed by atoms with Crippen molar-refractivity contribution >= 4 is 23.3 Å². The Labute approximate surface area is 126 Å². The summed E-state index contributed by atoms with van der Waals surface area (Å²) in [6, 6.07) is 9.39. The summed E-state index contributed by atoms with van der Waals surface area (Å²) in [5.74, 6) is -1.25. The van der Waals surface area contributed by atoms with E-state index in [0.29, 0.717) is 11.4 Å². The van der Waals surface area contributed by atoms with Crippen LogP contribution in [-0.4, -0.2) is 18.2 Å². The summed E-state index contributed by atoms with van der Waals surface area (Å²) < 4.78 is 18.6. The number of rotatable bonds is 5. The number of halogens is 2. The molecule has 6 heteroatoms. The molecular weight excluding hydrogens is 297 g/mol. The number of benzene rings is 2. The van der Waals surface area contributed by atoms with Gasteiger partial charge in [-0.05, 0) is 35.9 Å². The van der Waals surface area contributed by atoms with Gasteiger partial charge >= 0.3 is 5.97 Å². The monoisotopic (exact) mass is 309 g/mol. The van der Waals surface area contributed by atoms with Crippen molar-refractivity contribution in [1.82, 2.24) is 0 Å². The molecule has 0 radical (unpaired) electrons. The minimum absolute atomic E-state index is 0.137. The van der Waals surface area contributed by atoms with Gasteiger partial charge in [-0.3, -0.25) is 0 Å². The highest BCUT2D eigenvalue weighted by Gasteiger charge is 2.22. The van der Waals surface area contributed by atoms with Crippen molar-refractivity contribution in [3.8, 4) is 5.75 Å². The first-order valence-electron chi connectivity index (χ1n) is 6.09. The van der Waals surface area contributed by atoms with E-state index >= 15 is 0 Å². The molecular formula is C15H13ClFNO3. The van der Waals surface area contributed by atoms with Gasteiger partial charge in [-0.1, -0.05) is 23.7 Å². The first-order chi connectivity index (χ1) is 10.0. The lowest BCUT2D eigenvalue weighted by atomic mass is 10.1. The zero-order valence-corrected chi connectivity index (χ0v) is 11.9. The molecule has 2 aromatic carbocycles. The van der Waals surface area contributed by atoms with Crippen molar-refractivity contribution in [3.05, 3.63) is 58.9 Å². The molecule has 110 valence electrons. The van der Waals surface area contributed by atoms with Gasteiger partial charge in [-0.25, -0.2) is 9.18 Å². The normalized spacial score (nSPS) is 11.8. The van der Waals surface area contributed by atoms with E-state index in [-0.39, 0.29) is 10.6 Å². The number of hydrogen-bond acceptors (Lipinski definition) is 3. The minimum atomic E-state index is -1.15. The van der Waals surface area contributed by atoms with Crippen LogP contribution < -0.4 is 10.1 Å². The molecule has 0 amide bonds. The lowest BCUT2D eigenvalue weighted by Crippen LogP contribution is -2.21. The molecule has 0 spiro atoms. The minimum Gasteiger partial charge on any atom is -0.495 e. The van der Waals surface area contributed by atoms with E-state index in [1.54, 1.807) is 24.3 Å². The molecule has 0 aliphatic heterocycles. The maximum atomic E-state index is 13.4. The average molecular weight is 310 g/mol. The first-order valence-corrected chi connectivity index (χ1v) is 6.47. The van der Waals surface area contributed by atoms with Crippen LogP contribution in [0.1, 0.15) is 11.6 Å². The summed E-state index contributed by atoms with van der Waals surface area (Å²) in [6.45, 7) is 0. The fourth-order valence-electron chi connectivity index (χ4n) is 1.95. The van der Waals surface area contributed by atoms with Crippen LogP contribution in [0.5, 0.6) is 5.75 Å². The molecule has 0 aliphatic rings. The Hall–Kier alpha value is -2.27. The van der Waals surface area contributed by atoms with Crippen LogP contribution in [0.3, 0.4) is 0 Å². The number of aliphatic carboxylic acids is 1. The van der Waals surface area contributed by atoms with Crippen molar-refractivity contribution in [2.75, 3.05) is 12.4 Å². The van der Waals surface area contributed by atoms with Crippen molar-refractivity contribution < 1.29 is 19.0 Å². The fraction of sp³-hybridized carbons (Fsp3) is 0.133. The zero-order chi connectivity index (χ0) is 15.4. The number of carboxylic acid groups (broad SMARTS) is 1. The second-order valence-corrected chi connectivity index (χ2v) is 4.76. The van der Waals surface area contributed by atoms with Crippen LogP contribution in [-0.2, 0) is 4.79 Å². The Morgan fingerprint density at radius 3 is 2.67 bits per heavy atom. The van der Waals surface area contributed by atoms with Gasteiger partial charge in [-0.2, -0.15) is 0 Å². The van der Waals surface area contributed by atoms with Gasteiger partial charge < -0.3 is 15.2 Å². The number of hydrogen-bond donors (Lipinski definition) is 2. The van der Waals surface area contributed by atoms with Crippen LogP contribution in [0.15, 0.2) is 42.5 Å². The lowest BCUT2D eigenvalue weighted by molar-refractivity contribution is -0.138. The van der Waals surface area contributed by atoms with Crippen molar-refractivity contribution in [3.63, 3.8) is 0 Å². The highest BCUT2D eigenvalue weighted by Crippen LogP contribution is 2.29. The summed E-state index contributed by atoms with van der Waals surface area (Å²) in [7, 11) is 1.48. The number of anilines is 1. The second kappa shape index (κ2) is 6.45. The second-order valence-electron chi connectivity index (χ2n) is 4.32. The highest BCUT2D eigenvalue weighted by molar-refractivity contribution is 6.30. The molecule has 4 nitrogen and oxygen atoms in total. The molecule has 1 atom stereocenters. The Kier molecular flexibility index (Phi) is 4.65. The topological polar surface area (TPSA) is 58.6 Å². The van der Waals surface area contributed by atoms with Gasteiger partial charge in [0, 0.05) is 5.02 Å². The highest BCUT2D eigenvalue weighted by atomic mass is 35.5. The molecule has 0 aliphatic carbocycles. The Morgan fingerprint density at radius 1 is 1.33 bits per heavy atom. The van der Waals surface area contributed by atoms with Gasteiger partial charge in [0.1, 0.15) is 11.6 Å². The number of carboxylic acids is 1. The Bertz CT molecular complexity index is 643. The molecule has 2 aromatic rings. The third-order valence-electron chi connectivity index (χ3n) is 2.87. The van der Waals surface area contributed by atoms with Gasteiger partial charge in [0.15, 0.2) is 6.04 Å². The number of nitrogens with one attached hydrogen (secondary N) is 1. The van der Waals surface area contributed by atoms with E-state index in [4.69, 9.17) is 16.3 Å². The smallest absolute Gasteiger partial charge is 0.330 e. The number of methoxy groups -OCH3 is 1. The Balaban J connectivity index is 2.38. The SMILES string of the molecule is COc1ccccc1NC(C(=O)O)c1cc(F)cc(Cl)c1. The van der Waals surface area contributed by atoms with Crippen molar-refractivity contribution in [2.24, 2.45) is 0 Å². The third-order valence-corrected chi connectivity index (χ3v) is 3.09. The molecule has 2 N–H and O–H groups in total.